The third kappa shape index (κ3) is 4.85. The number of para-hydroxylation sites is 1. The normalized spacial score (nSPS) is 11.2. The molecule has 5 rings (SSSR count). The van der Waals surface area contributed by atoms with Gasteiger partial charge in [0.1, 0.15) is 0 Å². The first kappa shape index (κ1) is 20.0. The van der Waals surface area contributed by atoms with Crippen LogP contribution >= 0.6 is 0 Å². The minimum Gasteiger partial charge on any atom is -0.286 e. The lowest BCUT2D eigenvalue weighted by Crippen LogP contribution is -2.24. The van der Waals surface area contributed by atoms with Crippen LogP contribution in [0.25, 0.3) is 22.3 Å². The molecule has 0 unspecified atom stereocenters. The zero-order valence-corrected chi connectivity index (χ0v) is 17.7. The molecule has 0 radical (unpaired) electrons. The Bertz CT molecular complexity index is 1260. The van der Waals surface area contributed by atoms with Crippen LogP contribution in [0.2, 0.25) is 0 Å². The number of nitrogens with zero attached hydrogens (tertiary/aromatic N) is 5. The van der Waals surface area contributed by atoms with E-state index in [9.17, 15) is 0 Å². The van der Waals surface area contributed by atoms with Crippen LogP contribution < -0.4 is 0 Å². The van der Waals surface area contributed by atoms with E-state index >= 15 is 0 Å². The number of aromatic nitrogens is 4. The summed E-state index contributed by atoms with van der Waals surface area (Å²) >= 11 is 0. The zero-order valence-electron chi connectivity index (χ0n) is 17.7. The second kappa shape index (κ2) is 9.45. The average Bonchev–Trinajstić information content (AvgIpc) is 2.85. The van der Waals surface area contributed by atoms with Crippen molar-refractivity contribution in [3.8, 4) is 11.4 Å². The first-order chi connectivity index (χ1) is 15.8. The fourth-order valence-electron chi connectivity index (χ4n) is 3.76. The summed E-state index contributed by atoms with van der Waals surface area (Å²) in [5.74, 6) is 0. The summed E-state index contributed by atoms with van der Waals surface area (Å²) in [5.41, 5.74) is 5.77. The van der Waals surface area contributed by atoms with Gasteiger partial charge in [-0.25, -0.2) is 9.97 Å². The van der Waals surface area contributed by atoms with Gasteiger partial charge in [-0.05, 0) is 48.5 Å². The fourth-order valence-corrected chi connectivity index (χ4v) is 3.76. The molecule has 0 aliphatic heterocycles. The van der Waals surface area contributed by atoms with Gasteiger partial charge in [-0.3, -0.25) is 14.9 Å². The van der Waals surface area contributed by atoms with Crippen molar-refractivity contribution >= 4 is 10.9 Å². The highest BCUT2D eigenvalue weighted by atomic mass is 15.1. The van der Waals surface area contributed by atoms with Crippen molar-refractivity contribution in [2.24, 2.45) is 0 Å². The van der Waals surface area contributed by atoms with Crippen LogP contribution in [0.3, 0.4) is 0 Å². The predicted molar refractivity (Wildman–Crippen MR) is 126 cm³/mol. The molecular weight excluding hydrogens is 394 g/mol. The minimum absolute atomic E-state index is 0.689. The second-order valence-corrected chi connectivity index (χ2v) is 7.69. The van der Waals surface area contributed by atoms with Crippen LogP contribution in [0.15, 0.2) is 103 Å². The zero-order chi connectivity index (χ0) is 21.6. The SMILES string of the molecule is c1ccc(CN(Cc2ccccn2)Cc2cccc(-c3ccc4ccccc4n3)n2)nc1. The molecule has 4 heterocycles. The van der Waals surface area contributed by atoms with Gasteiger partial charge >= 0.3 is 0 Å². The predicted octanol–water partition coefficient (Wildman–Crippen LogP) is 5.29. The summed E-state index contributed by atoms with van der Waals surface area (Å²) < 4.78 is 0. The molecule has 32 heavy (non-hydrogen) atoms. The van der Waals surface area contributed by atoms with Crippen molar-refractivity contribution in [3.63, 3.8) is 0 Å². The first-order valence-electron chi connectivity index (χ1n) is 10.7. The van der Waals surface area contributed by atoms with E-state index in [0.29, 0.717) is 6.54 Å². The molecule has 5 heteroatoms. The molecule has 0 atom stereocenters. The van der Waals surface area contributed by atoms with Crippen molar-refractivity contribution in [1.82, 2.24) is 24.8 Å². The molecule has 0 spiro atoms. The summed E-state index contributed by atoms with van der Waals surface area (Å²) in [7, 11) is 0. The highest BCUT2D eigenvalue weighted by molar-refractivity contribution is 5.80. The maximum Gasteiger partial charge on any atom is 0.0894 e. The number of pyridine rings is 4. The highest BCUT2D eigenvalue weighted by Crippen LogP contribution is 2.20. The second-order valence-electron chi connectivity index (χ2n) is 7.69. The topological polar surface area (TPSA) is 54.8 Å². The van der Waals surface area contributed by atoms with E-state index in [2.05, 4.69) is 33.1 Å². The standard InChI is InChI=1S/C27H23N5/c1-2-12-25-21(8-1)14-15-27(31-25)26-13-7-11-24(30-26)20-32(18-22-9-3-5-16-28-22)19-23-10-4-6-17-29-23/h1-17H,18-20H2. The summed E-state index contributed by atoms with van der Waals surface area (Å²) in [6.45, 7) is 2.13. The number of rotatable bonds is 7. The van der Waals surface area contributed by atoms with E-state index in [0.717, 1.165) is 52.5 Å². The number of benzene rings is 1. The lowest BCUT2D eigenvalue weighted by molar-refractivity contribution is 0.239. The molecule has 0 saturated heterocycles. The summed E-state index contributed by atoms with van der Waals surface area (Å²) in [4.78, 5) is 21.0. The van der Waals surface area contributed by atoms with Crippen LogP contribution in [0.5, 0.6) is 0 Å². The van der Waals surface area contributed by atoms with Gasteiger partial charge in [0.25, 0.3) is 0 Å². The highest BCUT2D eigenvalue weighted by Gasteiger charge is 2.12. The van der Waals surface area contributed by atoms with Crippen LogP contribution in [-0.4, -0.2) is 24.8 Å². The maximum atomic E-state index is 4.93. The Morgan fingerprint density at radius 2 is 1.12 bits per heavy atom. The summed E-state index contributed by atoms with van der Waals surface area (Å²) in [6.07, 6.45) is 3.66. The first-order valence-corrected chi connectivity index (χ1v) is 10.7. The molecule has 0 fully saturated rings. The van der Waals surface area contributed by atoms with Gasteiger partial charge in [0.15, 0.2) is 0 Å². The van der Waals surface area contributed by atoms with E-state index in [1.807, 2.05) is 85.2 Å². The molecule has 0 N–H and O–H groups in total. The molecule has 0 amide bonds. The van der Waals surface area contributed by atoms with Crippen molar-refractivity contribution < 1.29 is 0 Å². The van der Waals surface area contributed by atoms with Gasteiger partial charge in [0.2, 0.25) is 0 Å². The Labute approximate surface area is 187 Å². The van der Waals surface area contributed by atoms with Crippen LogP contribution in [0.4, 0.5) is 0 Å². The Hall–Kier alpha value is -3.96. The van der Waals surface area contributed by atoms with Gasteiger partial charge in [-0.1, -0.05) is 42.5 Å². The minimum atomic E-state index is 0.689. The largest absolute Gasteiger partial charge is 0.286 e. The molecule has 4 aromatic heterocycles. The van der Waals surface area contributed by atoms with Gasteiger partial charge in [0, 0.05) is 37.4 Å². The van der Waals surface area contributed by atoms with E-state index in [4.69, 9.17) is 9.97 Å². The summed E-state index contributed by atoms with van der Waals surface area (Å²) in [6, 6.07) is 30.4. The van der Waals surface area contributed by atoms with Gasteiger partial charge in [-0.15, -0.1) is 0 Å². The van der Waals surface area contributed by atoms with Gasteiger partial charge in [0.05, 0.1) is 34.0 Å². The van der Waals surface area contributed by atoms with Crippen LogP contribution in [-0.2, 0) is 19.6 Å². The maximum absolute atomic E-state index is 4.93. The van der Waals surface area contributed by atoms with Gasteiger partial charge in [-0.2, -0.15) is 0 Å². The molecule has 5 nitrogen and oxygen atoms in total. The third-order valence-electron chi connectivity index (χ3n) is 5.28. The number of fused-ring (bicyclic) bond motifs is 1. The Kier molecular flexibility index (Phi) is 5.90. The van der Waals surface area contributed by atoms with Crippen molar-refractivity contribution in [3.05, 3.63) is 120 Å². The number of hydrogen-bond acceptors (Lipinski definition) is 5. The lowest BCUT2D eigenvalue weighted by Gasteiger charge is -2.21. The molecule has 5 aromatic rings. The molecule has 1 aromatic carbocycles. The van der Waals surface area contributed by atoms with E-state index in [-0.39, 0.29) is 0 Å². The molecule has 156 valence electrons. The number of hydrogen-bond donors (Lipinski definition) is 0. The quantitative estimate of drug-likeness (QED) is 0.360. The van der Waals surface area contributed by atoms with E-state index in [1.165, 1.54) is 0 Å². The van der Waals surface area contributed by atoms with E-state index in [1.54, 1.807) is 0 Å². The molecule has 0 saturated carbocycles. The van der Waals surface area contributed by atoms with Gasteiger partial charge < -0.3 is 0 Å². The Morgan fingerprint density at radius 1 is 0.500 bits per heavy atom. The molecule has 0 bridgehead atoms. The molecule has 0 aliphatic carbocycles. The Balaban J connectivity index is 1.41. The van der Waals surface area contributed by atoms with Crippen molar-refractivity contribution in [2.45, 2.75) is 19.6 Å². The lowest BCUT2D eigenvalue weighted by atomic mass is 10.1. The smallest absolute Gasteiger partial charge is 0.0894 e. The van der Waals surface area contributed by atoms with Crippen LogP contribution in [0, 0.1) is 0 Å². The van der Waals surface area contributed by atoms with Crippen molar-refractivity contribution in [2.75, 3.05) is 0 Å². The van der Waals surface area contributed by atoms with Crippen LogP contribution in [0.1, 0.15) is 17.1 Å². The molecule has 0 aliphatic rings. The van der Waals surface area contributed by atoms with E-state index < -0.39 is 0 Å². The summed E-state index contributed by atoms with van der Waals surface area (Å²) in [5, 5.41) is 1.13. The fraction of sp³-hybridized carbons (Fsp3) is 0.111. The molecular formula is C27H23N5. The van der Waals surface area contributed by atoms with Crippen molar-refractivity contribution in [1.29, 1.82) is 0 Å². The third-order valence-corrected chi connectivity index (χ3v) is 5.28. The average molecular weight is 418 g/mol. The monoisotopic (exact) mass is 417 g/mol. The Morgan fingerprint density at radius 3 is 1.84 bits per heavy atom.